The van der Waals surface area contributed by atoms with Gasteiger partial charge in [0.15, 0.2) is 0 Å². The van der Waals surface area contributed by atoms with Crippen LogP contribution in [-0.4, -0.2) is 6.54 Å². The Bertz CT molecular complexity index is 273. The van der Waals surface area contributed by atoms with E-state index in [1.165, 1.54) is 11.1 Å². The van der Waals surface area contributed by atoms with E-state index in [1.54, 1.807) is 11.3 Å². The lowest BCUT2D eigenvalue weighted by atomic mass is 10.2. The zero-order valence-corrected chi connectivity index (χ0v) is 7.14. The van der Waals surface area contributed by atoms with Crippen molar-refractivity contribution in [1.82, 2.24) is 0 Å². The molecule has 3 nitrogen and oxygen atoms in total. The van der Waals surface area contributed by atoms with Crippen molar-refractivity contribution in [3.63, 3.8) is 0 Å². The summed E-state index contributed by atoms with van der Waals surface area (Å²) in [5, 5.41) is 7.67. The van der Waals surface area contributed by atoms with Gasteiger partial charge in [0.1, 0.15) is 0 Å². The Hall–Kier alpha value is -0.990. The fraction of sp³-hybridized carbons (Fsp3) is 0.429. The quantitative estimate of drug-likeness (QED) is 0.377. The van der Waals surface area contributed by atoms with E-state index in [9.17, 15) is 0 Å². The first-order valence-corrected chi connectivity index (χ1v) is 4.31. The monoisotopic (exact) mass is 167 g/mol. The lowest BCUT2D eigenvalue weighted by molar-refractivity contribution is 0.953. The minimum Gasteiger partial charge on any atom is -0.152 e. The first kappa shape index (κ1) is 8.11. The first-order chi connectivity index (χ1) is 5.34. The van der Waals surface area contributed by atoms with Crippen LogP contribution in [0.3, 0.4) is 0 Å². The number of aryl methyl sites for hydroxylation is 1. The Morgan fingerprint density at radius 1 is 1.64 bits per heavy atom. The van der Waals surface area contributed by atoms with Gasteiger partial charge in [0.25, 0.3) is 0 Å². The summed E-state index contributed by atoms with van der Waals surface area (Å²) in [6.07, 6.45) is 0.861. The van der Waals surface area contributed by atoms with E-state index in [-0.39, 0.29) is 0 Å². The van der Waals surface area contributed by atoms with Crippen LogP contribution in [0.4, 0.5) is 0 Å². The van der Waals surface area contributed by atoms with Crippen LogP contribution in [0.5, 0.6) is 0 Å². The molecule has 0 aliphatic rings. The molecule has 0 spiro atoms. The Kier molecular flexibility index (Phi) is 2.95. The van der Waals surface area contributed by atoms with Gasteiger partial charge in [-0.3, -0.25) is 0 Å². The largest absolute Gasteiger partial charge is 0.152 e. The van der Waals surface area contributed by atoms with Crippen LogP contribution in [0.2, 0.25) is 0 Å². The smallest absolute Gasteiger partial charge is 0.0298 e. The van der Waals surface area contributed by atoms with E-state index < -0.39 is 0 Å². The number of rotatable bonds is 3. The third-order valence-electron chi connectivity index (χ3n) is 1.51. The van der Waals surface area contributed by atoms with Gasteiger partial charge in [-0.05, 0) is 40.8 Å². The molecule has 0 fully saturated rings. The van der Waals surface area contributed by atoms with Gasteiger partial charge in [0.05, 0.1) is 0 Å². The van der Waals surface area contributed by atoms with Crippen molar-refractivity contribution in [3.8, 4) is 0 Å². The second-order valence-electron chi connectivity index (χ2n) is 2.28. The fourth-order valence-corrected chi connectivity index (χ4v) is 1.75. The van der Waals surface area contributed by atoms with Crippen molar-refractivity contribution in [2.24, 2.45) is 5.11 Å². The molecular weight excluding hydrogens is 158 g/mol. The van der Waals surface area contributed by atoms with E-state index >= 15 is 0 Å². The van der Waals surface area contributed by atoms with E-state index in [0.29, 0.717) is 6.54 Å². The van der Waals surface area contributed by atoms with Crippen LogP contribution < -0.4 is 0 Å². The SMILES string of the molecule is Cc1cscc1CCN=[N+]=[N-]. The average molecular weight is 167 g/mol. The molecule has 1 aromatic heterocycles. The topological polar surface area (TPSA) is 48.8 Å². The second kappa shape index (κ2) is 4.01. The van der Waals surface area contributed by atoms with Crippen molar-refractivity contribution in [2.45, 2.75) is 13.3 Å². The third kappa shape index (κ3) is 2.26. The minimum atomic E-state index is 0.564. The molecule has 1 aromatic rings. The summed E-state index contributed by atoms with van der Waals surface area (Å²) in [7, 11) is 0. The van der Waals surface area contributed by atoms with E-state index in [4.69, 9.17) is 5.53 Å². The Morgan fingerprint density at radius 2 is 2.45 bits per heavy atom. The highest BCUT2D eigenvalue weighted by atomic mass is 32.1. The van der Waals surface area contributed by atoms with Gasteiger partial charge < -0.3 is 0 Å². The van der Waals surface area contributed by atoms with Gasteiger partial charge in [0, 0.05) is 11.5 Å². The Labute approximate surface area is 69.3 Å². The molecule has 4 heteroatoms. The maximum Gasteiger partial charge on any atom is 0.0298 e. The lowest BCUT2D eigenvalue weighted by Crippen LogP contribution is -1.87. The van der Waals surface area contributed by atoms with Gasteiger partial charge in [-0.2, -0.15) is 11.3 Å². The van der Waals surface area contributed by atoms with Crippen LogP contribution in [0, 0.1) is 6.92 Å². The zero-order chi connectivity index (χ0) is 8.10. The summed E-state index contributed by atoms with van der Waals surface area (Å²) >= 11 is 1.69. The lowest BCUT2D eigenvalue weighted by Gasteiger charge is -1.92. The van der Waals surface area contributed by atoms with Crippen LogP contribution in [0.1, 0.15) is 11.1 Å². The van der Waals surface area contributed by atoms with Crippen LogP contribution >= 0.6 is 11.3 Å². The maximum atomic E-state index is 8.03. The number of hydrogen-bond donors (Lipinski definition) is 0. The second-order valence-corrected chi connectivity index (χ2v) is 3.03. The molecule has 11 heavy (non-hydrogen) atoms. The van der Waals surface area contributed by atoms with Crippen molar-refractivity contribution in [2.75, 3.05) is 6.54 Å². The standard InChI is InChI=1S/C7H9N3S/c1-6-4-11-5-7(6)2-3-9-10-8/h4-5H,2-3H2,1H3. The molecule has 0 atom stereocenters. The van der Waals surface area contributed by atoms with Gasteiger partial charge in [0.2, 0.25) is 0 Å². The normalized spacial score (nSPS) is 9.18. The summed E-state index contributed by atoms with van der Waals surface area (Å²) < 4.78 is 0. The third-order valence-corrected chi connectivity index (χ3v) is 2.42. The van der Waals surface area contributed by atoms with Gasteiger partial charge in [-0.25, -0.2) is 0 Å². The summed E-state index contributed by atoms with van der Waals surface area (Å²) in [6.45, 7) is 2.63. The molecule has 0 saturated heterocycles. The predicted molar refractivity (Wildman–Crippen MR) is 46.8 cm³/mol. The Balaban J connectivity index is 2.50. The van der Waals surface area contributed by atoms with Crippen LogP contribution in [0.15, 0.2) is 15.9 Å². The highest BCUT2D eigenvalue weighted by Gasteiger charge is 1.96. The van der Waals surface area contributed by atoms with Crippen LogP contribution in [-0.2, 0) is 6.42 Å². The van der Waals surface area contributed by atoms with E-state index in [1.807, 2.05) is 0 Å². The zero-order valence-electron chi connectivity index (χ0n) is 6.32. The maximum absolute atomic E-state index is 8.03. The molecule has 0 N–H and O–H groups in total. The van der Waals surface area contributed by atoms with Gasteiger partial charge in [-0.1, -0.05) is 5.11 Å². The molecule has 0 radical (unpaired) electrons. The number of thiophene rings is 1. The van der Waals surface area contributed by atoms with E-state index in [0.717, 1.165) is 6.42 Å². The molecule has 0 amide bonds. The van der Waals surface area contributed by atoms with Crippen LogP contribution in [0.25, 0.3) is 10.4 Å². The summed E-state index contributed by atoms with van der Waals surface area (Å²) in [6, 6.07) is 0. The summed E-state index contributed by atoms with van der Waals surface area (Å²) in [4.78, 5) is 2.69. The molecule has 0 aromatic carbocycles. The highest BCUT2D eigenvalue weighted by molar-refractivity contribution is 7.08. The molecule has 1 heterocycles. The summed E-state index contributed by atoms with van der Waals surface area (Å²) in [5.74, 6) is 0. The Morgan fingerprint density at radius 3 is 3.00 bits per heavy atom. The fourth-order valence-electron chi connectivity index (χ4n) is 0.858. The predicted octanol–water partition coefficient (Wildman–Crippen LogP) is 2.91. The van der Waals surface area contributed by atoms with Crippen molar-refractivity contribution >= 4 is 11.3 Å². The summed E-state index contributed by atoms with van der Waals surface area (Å²) in [5.41, 5.74) is 10.6. The molecular formula is C7H9N3S. The molecule has 0 saturated carbocycles. The van der Waals surface area contributed by atoms with Gasteiger partial charge in [-0.15, -0.1) is 0 Å². The first-order valence-electron chi connectivity index (χ1n) is 3.37. The highest BCUT2D eigenvalue weighted by Crippen LogP contribution is 2.13. The van der Waals surface area contributed by atoms with Gasteiger partial charge >= 0.3 is 0 Å². The number of azide groups is 1. The van der Waals surface area contributed by atoms with Crippen molar-refractivity contribution in [3.05, 3.63) is 32.3 Å². The number of nitrogens with zero attached hydrogens (tertiary/aromatic N) is 3. The average Bonchev–Trinajstić information content (AvgIpc) is 2.37. The molecule has 0 unspecified atom stereocenters. The molecule has 1 rings (SSSR count). The molecule has 0 aliphatic carbocycles. The molecule has 58 valence electrons. The number of hydrogen-bond acceptors (Lipinski definition) is 2. The van der Waals surface area contributed by atoms with Crippen molar-refractivity contribution < 1.29 is 0 Å². The molecule has 0 bridgehead atoms. The van der Waals surface area contributed by atoms with Crippen molar-refractivity contribution in [1.29, 1.82) is 0 Å². The minimum absolute atomic E-state index is 0.564. The molecule has 0 aliphatic heterocycles. The van der Waals surface area contributed by atoms with E-state index in [2.05, 4.69) is 27.7 Å².